The summed E-state index contributed by atoms with van der Waals surface area (Å²) in [6.45, 7) is 9.83. The number of aryl methyl sites for hydroxylation is 1. The Labute approximate surface area is 149 Å². The molecule has 0 aromatic carbocycles. The Morgan fingerprint density at radius 3 is 2.72 bits per heavy atom. The summed E-state index contributed by atoms with van der Waals surface area (Å²) in [5.74, 6) is 1.18. The molecule has 0 saturated carbocycles. The van der Waals surface area contributed by atoms with Crippen LogP contribution in [-0.4, -0.2) is 43.8 Å². The lowest BCUT2D eigenvalue weighted by Gasteiger charge is -2.34. The third-order valence-corrected chi connectivity index (χ3v) is 4.50. The van der Waals surface area contributed by atoms with Gasteiger partial charge in [-0.1, -0.05) is 20.8 Å². The minimum Gasteiger partial charge on any atom is -0.342 e. The Balaban J connectivity index is 1.82. The number of amides is 1. The van der Waals surface area contributed by atoms with Crippen molar-refractivity contribution in [2.75, 3.05) is 13.1 Å². The molecular formula is C19H27N5O. The summed E-state index contributed by atoms with van der Waals surface area (Å²) in [5, 5.41) is 0. The second-order valence-electron chi connectivity index (χ2n) is 8.12. The van der Waals surface area contributed by atoms with Crippen LogP contribution in [0.2, 0.25) is 0 Å². The third-order valence-electron chi connectivity index (χ3n) is 4.50. The van der Waals surface area contributed by atoms with Gasteiger partial charge in [0.2, 0.25) is 5.91 Å². The highest BCUT2D eigenvalue weighted by Gasteiger charge is 2.30. The van der Waals surface area contributed by atoms with E-state index in [0.29, 0.717) is 13.0 Å². The highest BCUT2D eigenvalue weighted by molar-refractivity contribution is 5.77. The Kier molecular flexibility index (Phi) is 4.88. The third kappa shape index (κ3) is 4.24. The first kappa shape index (κ1) is 17.6. The number of carbonyl (C=O) groups is 1. The van der Waals surface area contributed by atoms with Crippen LogP contribution in [0.15, 0.2) is 18.6 Å². The van der Waals surface area contributed by atoms with Crippen LogP contribution in [0, 0.1) is 12.3 Å². The van der Waals surface area contributed by atoms with Gasteiger partial charge in [0.25, 0.3) is 0 Å². The van der Waals surface area contributed by atoms with Crippen molar-refractivity contribution in [2.45, 2.75) is 52.9 Å². The first-order chi connectivity index (χ1) is 11.8. The molecule has 0 aliphatic carbocycles. The fraction of sp³-hybridized carbons (Fsp3) is 0.579. The van der Waals surface area contributed by atoms with Gasteiger partial charge in [0.05, 0.1) is 5.69 Å². The first-order valence-corrected chi connectivity index (χ1v) is 8.94. The minimum atomic E-state index is 0.00738. The summed E-state index contributed by atoms with van der Waals surface area (Å²) in [6.07, 6.45) is 7.81. The summed E-state index contributed by atoms with van der Waals surface area (Å²) >= 11 is 0. The molecule has 0 radical (unpaired) electrons. The van der Waals surface area contributed by atoms with Crippen LogP contribution >= 0.6 is 0 Å². The van der Waals surface area contributed by atoms with Gasteiger partial charge in [0, 0.05) is 49.7 Å². The highest BCUT2D eigenvalue weighted by Crippen LogP contribution is 2.31. The van der Waals surface area contributed by atoms with E-state index in [0.717, 1.165) is 42.3 Å². The van der Waals surface area contributed by atoms with Crippen molar-refractivity contribution in [3.63, 3.8) is 0 Å². The Hall–Kier alpha value is -2.24. The van der Waals surface area contributed by atoms with Crippen molar-refractivity contribution < 1.29 is 4.79 Å². The molecule has 2 aromatic heterocycles. The number of H-pyrrole nitrogens is 1. The normalized spacial score (nSPS) is 18.4. The number of aromatic nitrogens is 4. The molecule has 1 fully saturated rings. The molecular weight excluding hydrogens is 314 g/mol. The highest BCUT2D eigenvalue weighted by atomic mass is 16.2. The molecule has 1 aliphatic heterocycles. The van der Waals surface area contributed by atoms with Gasteiger partial charge in [-0.3, -0.25) is 9.78 Å². The van der Waals surface area contributed by atoms with Crippen LogP contribution in [0.5, 0.6) is 0 Å². The lowest BCUT2D eigenvalue weighted by atomic mass is 9.89. The van der Waals surface area contributed by atoms with Crippen LogP contribution in [0.1, 0.15) is 57.3 Å². The van der Waals surface area contributed by atoms with E-state index >= 15 is 0 Å². The number of hydrogen-bond donors (Lipinski definition) is 1. The molecule has 134 valence electrons. The molecule has 25 heavy (non-hydrogen) atoms. The number of nitrogens with zero attached hydrogens (tertiary/aromatic N) is 4. The van der Waals surface area contributed by atoms with Gasteiger partial charge in [-0.05, 0) is 25.2 Å². The standard InChI is InChI=1S/C19H27N5O/c1-13-11-22-18(23-13)17-16(20-7-8-21-17)14-6-5-9-24(12-14)15(25)10-19(2,3)4/h7-8,11,14H,5-6,9-10,12H2,1-4H3,(H,22,23)/t14-/m0/s1. The molecule has 1 aliphatic rings. The molecule has 6 heteroatoms. The van der Waals surface area contributed by atoms with E-state index in [9.17, 15) is 4.79 Å². The second-order valence-corrected chi connectivity index (χ2v) is 8.12. The van der Waals surface area contributed by atoms with Crippen LogP contribution in [-0.2, 0) is 4.79 Å². The van der Waals surface area contributed by atoms with Gasteiger partial charge in [0.1, 0.15) is 5.69 Å². The van der Waals surface area contributed by atoms with Crippen molar-refractivity contribution >= 4 is 5.91 Å². The summed E-state index contributed by atoms with van der Waals surface area (Å²) in [5.41, 5.74) is 2.74. The van der Waals surface area contributed by atoms with Gasteiger partial charge in [0.15, 0.2) is 5.82 Å². The number of likely N-dealkylation sites (tertiary alicyclic amines) is 1. The lowest BCUT2D eigenvalue weighted by molar-refractivity contribution is -0.134. The fourth-order valence-electron chi connectivity index (χ4n) is 3.36. The predicted octanol–water partition coefficient (Wildman–Crippen LogP) is 3.32. The number of hydrogen-bond acceptors (Lipinski definition) is 4. The second kappa shape index (κ2) is 6.94. The lowest BCUT2D eigenvalue weighted by Crippen LogP contribution is -2.40. The fourth-order valence-corrected chi connectivity index (χ4v) is 3.36. The van der Waals surface area contributed by atoms with E-state index in [-0.39, 0.29) is 17.2 Å². The summed E-state index contributed by atoms with van der Waals surface area (Å²) in [7, 11) is 0. The van der Waals surface area contributed by atoms with Crippen molar-refractivity contribution in [3.05, 3.63) is 30.0 Å². The molecule has 3 rings (SSSR count). The molecule has 3 heterocycles. The van der Waals surface area contributed by atoms with Crippen LogP contribution < -0.4 is 0 Å². The molecule has 0 unspecified atom stereocenters. The molecule has 0 spiro atoms. The summed E-state index contributed by atoms with van der Waals surface area (Å²) in [4.78, 5) is 31.4. The molecule has 0 bridgehead atoms. The average Bonchev–Trinajstić information content (AvgIpc) is 3.00. The van der Waals surface area contributed by atoms with Crippen molar-refractivity contribution in [1.82, 2.24) is 24.8 Å². The van der Waals surface area contributed by atoms with Crippen LogP contribution in [0.3, 0.4) is 0 Å². The van der Waals surface area contributed by atoms with E-state index < -0.39 is 0 Å². The molecule has 1 amide bonds. The van der Waals surface area contributed by atoms with E-state index in [1.165, 1.54) is 0 Å². The van der Waals surface area contributed by atoms with Crippen LogP contribution in [0.4, 0.5) is 0 Å². The Morgan fingerprint density at radius 2 is 2.04 bits per heavy atom. The zero-order valence-corrected chi connectivity index (χ0v) is 15.5. The van der Waals surface area contributed by atoms with Gasteiger partial charge in [-0.15, -0.1) is 0 Å². The maximum Gasteiger partial charge on any atom is 0.223 e. The first-order valence-electron chi connectivity index (χ1n) is 8.94. The minimum absolute atomic E-state index is 0.00738. The maximum atomic E-state index is 12.6. The molecule has 6 nitrogen and oxygen atoms in total. The van der Waals surface area contributed by atoms with E-state index in [1.807, 2.05) is 11.8 Å². The van der Waals surface area contributed by atoms with Crippen molar-refractivity contribution in [2.24, 2.45) is 5.41 Å². The average molecular weight is 341 g/mol. The zero-order valence-electron chi connectivity index (χ0n) is 15.5. The molecule has 1 N–H and O–H groups in total. The number of imidazole rings is 1. The quantitative estimate of drug-likeness (QED) is 0.929. The number of rotatable bonds is 3. The van der Waals surface area contributed by atoms with Gasteiger partial charge in [-0.2, -0.15) is 0 Å². The van der Waals surface area contributed by atoms with E-state index in [1.54, 1.807) is 18.6 Å². The SMILES string of the molecule is Cc1cnc(-c2nccnc2[C@H]2CCCN(C(=O)CC(C)(C)C)C2)[nH]1. The summed E-state index contributed by atoms with van der Waals surface area (Å²) < 4.78 is 0. The number of piperidine rings is 1. The number of nitrogens with one attached hydrogen (secondary N) is 1. The molecule has 1 saturated heterocycles. The Bertz CT molecular complexity index is 746. The molecule has 2 aromatic rings. The maximum absolute atomic E-state index is 12.6. The monoisotopic (exact) mass is 341 g/mol. The number of carbonyl (C=O) groups excluding carboxylic acids is 1. The predicted molar refractivity (Wildman–Crippen MR) is 97.0 cm³/mol. The zero-order chi connectivity index (χ0) is 18.0. The van der Waals surface area contributed by atoms with Gasteiger partial charge in [-0.25, -0.2) is 9.97 Å². The van der Waals surface area contributed by atoms with E-state index in [2.05, 4.69) is 40.7 Å². The summed E-state index contributed by atoms with van der Waals surface area (Å²) in [6, 6.07) is 0. The Morgan fingerprint density at radius 1 is 1.28 bits per heavy atom. The smallest absolute Gasteiger partial charge is 0.223 e. The largest absolute Gasteiger partial charge is 0.342 e. The van der Waals surface area contributed by atoms with Crippen LogP contribution in [0.25, 0.3) is 11.5 Å². The van der Waals surface area contributed by atoms with Crippen molar-refractivity contribution in [3.8, 4) is 11.5 Å². The number of aromatic amines is 1. The topological polar surface area (TPSA) is 74.8 Å². The molecule has 1 atom stereocenters. The van der Waals surface area contributed by atoms with Gasteiger partial charge < -0.3 is 9.88 Å². The van der Waals surface area contributed by atoms with Gasteiger partial charge >= 0.3 is 0 Å². The van der Waals surface area contributed by atoms with E-state index in [4.69, 9.17) is 0 Å². The van der Waals surface area contributed by atoms with Crippen molar-refractivity contribution in [1.29, 1.82) is 0 Å².